The van der Waals surface area contributed by atoms with Crippen molar-refractivity contribution >= 4 is 28.8 Å². The van der Waals surface area contributed by atoms with Crippen LogP contribution in [0.15, 0.2) is 41.8 Å². The van der Waals surface area contributed by atoms with E-state index in [1.807, 2.05) is 46.7 Å². The van der Waals surface area contributed by atoms with Crippen molar-refractivity contribution in [3.05, 3.63) is 46.7 Å². The summed E-state index contributed by atoms with van der Waals surface area (Å²) in [5.74, 6) is 0.796. The van der Waals surface area contributed by atoms with Gasteiger partial charge in [0.05, 0.1) is 25.3 Å². The molecule has 27 heavy (non-hydrogen) atoms. The Morgan fingerprint density at radius 2 is 1.89 bits per heavy atom. The van der Waals surface area contributed by atoms with Crippen molar-refractivity contribution in [2.75, 3.05) is 38.2 Å². The second kappa shape index (κ2) is 8.90. The van der Waals surface area contributed by atoms with Gasteiger partial charge >= 0.3 is 0 Å². The number of methoxy groups -OCH3 is 1. The summed E-state index contributed by atoms with van der Waals surface area (Å²) in [6, 6.07) is 11.6. The van der Waals surface area contributed by atoms with E-state index in [0.717, 1.165) is 29.4 Å². The summed E-state index contributed by atoms with van der Waals surface area (Å²) in [5.41, 5.74) is 1.06. The van der Waals surface area contributed by atoms with Gasteiger partial charge < -0.3 is 19.9 Å². The van der Waals surface area contributed by atoms with Gasteiger partial charge in [-0.1, -0.05) is 18.2 Å². The highest BCUT2D eigenvalue weighted by Gasteiger charge is 2.26. The van der Waals surface area contributed by atoms with E-state index in [1.54, 1.807) is 18.4 Å². The zero-order valence-corrected chi connectivity index (χ0v) is 16.5. The fourth-order valence-electron chi connectivity index (χ4n) is 3.35. The summed E-state index contributed by atoms with van der Waals surface area (Å²) in [7, 11) is 1.67. The lowest BCUT2D eigenvalue weighted by atomic mass is 10.1. The fourth-order valence-corrected chi connectivity index (χ4v) is 4.13. The molecule has 0 aliphatic carbocycles. The monoisotopic (exact) mass is 387 g/mol. The molecule has 0 radical (unpaired) electrons. The molecule has 1 aliphatic rings. The summed E-state index contributed by atoms with van der Waals surface area (Å²) in [5, 5.41) is 4.86. The fraction of sp³-hybridized carbons (Fsp3) is 0.400. The second-order valence-corrected chi connectivity index (χ2v) is 7.49. The van der Waals surface area contributed by atoms with Crippen molar-refractivity contribution in [1.82, 2.24) is 10.2 Å². The molecule has 2 heterocycles. The predicted octanol–water partition coefficient (Wildman–Crippen LogP) is 2.67. The van der Waals surface area contributed by atoms with Crippen LogP contribution in [0.5, 0.6) is 5.75 Å². The van der Waals surface area contributed by atoms with Crippen LogP contribution in [-0.4, -0.2) is 50.0 Å². The van der Waals surface area contributed by atoms with Crippen LogP contribution in [0.1, 0.15) is 24.3 Å². The number of hydrogen-bond donors (Lipinski definition) is 1. The molecule has 1 aromatic heterocycles. The molecule has 0 bridgehead atoms. The third kappa shape index (κ3) is 4.80. The summed E-state index contributed by atoms with van der Waals surface area (Å²) >= 11 is 1.56. The Hall–Kier alpha value is -2.54. The molecular weight excluding hydrogens is 362 g/mol. The Bertz CT molecular complexity index is 771. The van der Waals surface area contributed by atoms with E-state index in [1.165, 1.54) is 6.92 Å². The molecule has 0 spiro atoms. The van der Waals surface area contributed by atoms with Gasteiger partial charge in [-0.05, 0) is 23.6 Å². The van der Waals surface area contributed by atoms with Crippen molar-refractivity contribution < 1.29 is 14.3 Å². The number of piperazine rings is 1. The largest absolute Gasteiger partial charge is 0.495 e. The van der Waals surface area contributed by atoms with Crippen LogP contribution in [0, 0.1) is 0 Å². The van der Waals surface area contributed by atoms with Crippen LogP contribution in [-0.2, 0) is 9.59 Å². The van der Waals surface area contributed by atoms with Gasteiger partial charge in [-0.2, -0.15) is 0 Å². The van der Waals surface area contributed by atoms with Gasteiger partial charge in [0.25, 0.3) is 0 Å². The maximum Gasteiger partial charge on any atom is 0.225 e. The zero-order valence-electron chi connectivity index (χ0n) is 15.7. The van der Waals surface area contributed by atoms with Gasteiger partial charge in [-0.3, -0.25) is 9.59 Å². The van der Waals surface area contributed by atoms with Gasteiger partial charge in [-0.15, -0.1) is 11.3 Å². The molecule has 2 amide bonds. The van der Waals surface area contributed by atoms with Crippen LogP contribution in [0.4, 0.5) is 5.69 Å². The summed E-state index contributed by atoms with van der Waals surface area (Å²) in [6.45, 7) is 4.32. The van der Waals surface area contributed by atoms with Gasteiger partial charge in [0, 0.05) is 38.0 Å². The minimum atomic E-state index is -0.262. The molecular formula is C20H25N3O3S. The lowest BCUT2D eigenvalue weighted by molar-refractivity contribution is -0.132. The van der Waals surface area contributed by atoms with E-state index in [4.69, 9.17) is 4.74 Å². The van der Waals surface area contributed by atoms with Crippen molar-refractivity contribution in [3.8, 4) is 5.75 Å². The van der Waals surface area contributed by atoms with Crippen LogP contribution in [0.25, 0.3) is 0 Å². The lowest BCUT2D eigenvalue weighted by Gasteiger charge is -2.37. The molecule has 2 aromatic rings. The number of carbonyl (C=O) groups excluding carboxylic acids is 2. The number of nitrogens with zero attached hydrogens (tertiary/aromatic N) is 2. The van der Waals surface area contributed by atoms with Gasteiger partial charge in [0.2, 0.25) is 11.8 Å². The molecule has 1 atom stereocenters. The molecule has 3 rings (SSSR count). The molecule has 7 heteroatoms. The highest BCUT2D eigenvalue weighted by atomic mass is 32.1. The quantitative estimate of drug-likeness (QED) is 0.828. The van der Waals surface area contributed by atoms with Crippen molar-refractivity contribution in [2.24, 2.45) is 0 Å². The van der Waals surface area contributed by atoms with Crippen molar-refractivity contribution in [2.45, 2.75) is 19.4 Å². The van der Waals surface area contributed by atoms with E-state index in [2.05, 4.69) is 10.2 Å². The Morgan fingerprint density at radius 1 is 1.15 bits per heavy atom. The third-order valence-corrected chi connectivity index (χ3v) is 5.69. The summed E-state index contributed by atoms with van der Waals surface area (Å²) < 4.78 is 5.44. The maximum atomic E-state index is 12.8. The smallest absolute Gasteiger partial charge is 0.225 e. The predicted molar refractivity (Wildman–Crippen MR) is 107 cm³/mol. The molecule has 1 saturated heterocycles. The number of thiophene rings is 1. The number of amides is 2. The van der Waals surface area contributed by atoms with Crippen LogP contribution >= 0.6 is 11.3 Å². The number of rotatable bonds is 6. The SMILES string of the molecule is COc1ccccc1N1CCN(C(=O)CC(NC(C)=O)c2cccs2)CC1. The topological polar surface area (TPSA) is 61.9 Å². The number of hydrogen-bond acceptors (Lipinski definition) is 5. The Labute approximate surface area is 163 Å². The van der Waals surface area contributed by atoms with Gasteiger partial charge in [0.1, 0.15) is 5.75 Å². The lowest BCUT2D eigenvalue weighted by Crippen LogP contribution is -2.49. The number of carbonyl (C=O) groups is 2. The van der Waals surface area contributed by atoms with E-state index in [9.17, 15) is 9.59 Å². The number of anilines is 1. The minimum absolute atomic E-state index is 0.0711. The zero-order chi connectivity index (χ0) is 19.2. The van der Waals surface area contributed by atoms with E-state index < -0.39 is 0 Å². The van der Waals surface area contributed by atoms with Crippen LogP contribution < -0.4 is 15.0 Å². The van der Waals surface area contributed by atoms with Crippen molar-refractivity contribution in [3.63, 3.8) is 0 Å². The molecule has 1 aliphatic heterocycles. The molecule has 144 valence electrons. The van der Waals surface area contributed by atoms with Crippen molar-refractivity contribution in [1.29, 1.82) is 0 Å². The number of nitrogens with one attached hydrogen (secondary N) is 1. The maximum absolute atomic E-state index is 12.8. The summed E-state index contributed by atoms with van der Waals surface area (Å²) in [6.07, 6.45) is 0.286. The molecule has 1 fully saturated rings. The highest BCUT2D eigenvalue weighted by Crippen LogP contribution is 2.29. The first kappa shape index (κ1) is 19.2. The Morgan fingerprint density at radius 3 is 2.52 bits per heavy atom. The first-order valence-corrected chi connectivity index (χ1v) is 9.92. The van der Waals surface area contributed by atoms with E-state index in [-0.39, 0.29) is 24.3 Å². The normalized spacial score (nSPS) is 15.3. The van der Waals surface area contributed by atoms with Crippen LogP contribution in [0.3, 0.4) is 0 Å². The standard InChI is InChI=1S/C20H25N3O3S/c1-15(24)21-16(19-8-5-13-27-19)14-20(25)23-11-9-22(10-12-23)17-6-3-4-7-18(17)26-2/h3-8,13,16H,9-12,14H2,1-2H3,(H,21,24). The Balaban J connectivity index is 1.60. The second-order valence-electron chi connectivity index (χ2n) is 6.51. The van der Waals surface area contributed by atoms with Gasteiger partial charge in [0.15, 0.2) is 0 Å². The van der Waals surface area contributed by atoms with Crippen LogP contribution in [0.2, 0.25) is 0 Å². The number of benzene rings is 1. The molecule has 1 N–H and O–H groups in total. The molecule has 0 saturated carbocycles. The molecule has 1 aromatic carbocycles. The van der Waals surface area contributed by atoms with Gasteiger partial charge in [-0.25, -0.2) is 0 Å². The average molecular weight is 388 g/mol. The van der Waals surface area contributed by atoms with E-state index >= 15 is 0 Å². The summed E-state index contributed by atoms with van der Waals surface area (Å²) in [4.78, 5) is 29.4. The third-order valence-electron chi connectivity index (χ3n) is 4.70. The average Bonchev–Trinajstić information content (AvgIpc) is 3.22. The minimum Gasteiger partial charge on any atom is -0.495 e. The number of para-hydroxylation sites is 2. The first-order chi connectivity index (χ1) is 13.1. The highest BCUT2D eigenvalue weighted by molar-refractivity contribution is 7.10. The van der Waals surface area contributed by atoms with E-state index in [0.29, 0.717) is 13.1 Å². The Kier molecular flexibility index (Phi) is 6.34. The molecule has 6 nitrogen and oxygen atoms in total. The first-order valence-electron chi connectivity index (χ1n) is 9.04. The number of ether oxygens (including phenoxy) is 1. The molecule has 1 unspecified atom stereocenters.